The van der Waals surface area contributed by atoms with E-state index in [0.29, 0.717) is 24.0 Å². The van der Waals surface area contributed by atoms with Gasteiger partial charge in [0.2, 0.25) is 5.91 Å². The van der Waals surface area contributed by atoms with Gasteiger partial charge in [0.15, 0.2) is 0 Å². The number of carboxylic acids is 1. The SMILES string of the molecule is O=C(O)c1ccc2nnn(CCC(=O)N3CCCC3)c2c1. The van der Waals surface area contributed by atoms with E-state index in [1.807, 2.05) is 4.90 Å². The summed E-state index contributed by atoms with van der Waals surface area (Å²) in [6, 6.07) is 4.67. The molecule has 3 rings (SSSR count). The zero-order chi connectivity index (χ0) is 14.8. The average Bonchev–Trinajstić information content (AvgIpc) is 3.14. The lowest BCUT2D eigenvalue weighted by atomic mass is 10.2. The summed E-state index contributed by atoms with van der Waals surface area (Å²) >= 11 is 0. The second-order valence-electron chi connectivity index (χ2n) is 5.16. The second-order valence-corrected chi connectivity index (χ2v) is 5.16. The molecule has 2 heterocycles. The first kappa shape index (κ1) is 13.5. The Kier molecular flexibility index (Phi) is 3.55. The number of hydrogen-bond acceptors (Lipinski definition) is 4. The predicted octanol–water partition coefficient (Wildman–Crippen LogP) is 1.14. The van der Waals surface area contributed by atoms with Crippen LogP contribution in [0.5, 0.6) is 0 Å². The Labute approximate surface area is 121 Å². The van der Waals surface area contributed by atoms with E-state index >= 15 is 0 Å². The maximum Gasteiger partial charge on any atom is 0.335 e. The van der Waals surface area contributed by atoms with Crippen LogP contribution in [0.1, 0.15) is 29.6 Å². The molecule has 7 nitrogen and oxygen atoms in total. The highest BCUT2D eigenvalue weighted by Gasteiger charge is 2.18. The Bertz CT molecular complexity index is 689. The molecule has 1 amide bonds. The highest BCUT2D eigenvalue weighted by Crippen LogP contribution is 2.15. The van der Waals surface area contributed by atoms with E-state index in [9.17, 15) is 9.59 Å². The van der Waals surface area contributed by atoms with E-state index < -0.39 is 5.97 Å². The number of nitrogens with zero attached hydrogens (tertiary/aromatic N) is 4. The van der Waals surface area contributed by atoms with E-state index in [4.69, 9.17) is 5.11 Å². The van der Waals surface area contributed by atoms with Crippen LogP contribution in [-0.2, 0) is 11.3 Å². The second kappa shape index (κ2) is 5.51. The third-order valence-electron chi connectivity index (χ3n) is 3.76. The number of hydrogen-bond donors (Lipinski definition) is 1. The molecule has 7 heteroatoms. The van der Waals surface area contributed by atoms with Crippen molar-refractivity contribution in [3.8, 4) is 0 Å². The first-order chi connectivity index (χ1) is 10.1. The third-order valence-corrected chi connectivity index (χ3v) is 3.76. The number of carbonyl (C=O) groups excluding carboxylic acids is 1. The molecule has 1 aromatic heterocycles. The molecule has 1 aliphatic rings. The van der Waals surface area contributed by atoms with Gasteiger partial charge in [-0.1, -0.05) is 5.21 Å². The Hall–Kier alpha value is -2.44. The number of rotatable bonds is 4. The molecule has 1 fully saturated rings. The third kappa shape index (κ3) is 2.72. The summed E-state index contributed by atoms with van der Waals surface area (Å²) in [6.45, 7) is 2.08. The molecule has 1 aliphatic heterocycles. The van der Waals surface area contributed by atoms with Crippen molar-refractivity contribution in [1.29, 1.82) is 0 Å². The van der Waals surface area contributed by atoms with Gasteiger partial charge in [-0.15, -0.1) is 5.10 Å². The monoisotopic (exact) mass is 288 g/mol. The number of carbonyl (C=O) groups is 2. The largest absolute Gasteiger partial charge is 0.478 e. The van der Waals surface area contributed by atoms with Crippen molar-refractivity contribution >= 4 is 22.9 Å². The number of carboxylic acid groups (broad SMARTS) is 1. The molecule has 0 saturated carbocycles. The minimum absolute atomic E-state index is 0.116. The lowest BCUT2D eigenvalue weighted by Gasteiger charge is -2.14. The smallest absolute Gasteiger partial charge is 0.335 e. The number of likely N-dealkylation sites (tertiary alicyclic amines) is 1. The molecule has 0 spiro atoms. The summed E-state index contributed by atoms with van der Waals surface area (Å²) in [5.41, 5.74) is 1.47. The molecule has 0 radical (unpaired) electrons. The Balaban J connectivity index is 1.75. The van der Waals surface area contributed by atoms with Crippen molar-refractivity contribution in [3.05, 3.63) is 23.8 Å². The predicted molar refractivity (Wildman–Crippen MR) is 74.9 cm³/mol. The number of aryl methyl sites for hydroxylation is 1. The van der Waals surface area contributed by atoms with E-state index in [2.05, 4.69) is 10.3 Å². The van der Waals surface area contributed by atoms with Gasteiger partial charge in [-0.05, 0) is 31.0 Å². The molecule has 110 valence electrons. The van der Waals surface area contributed by atoms with Crippen molar-refractivity contribution in [3.63, 3.8) is 0 Å². The topological polar surface area (TPSA) is 88.3 Å². The molecule has 1 N–H and O–H groups in total. The van der Waals surface area contributed by atoms with Crippen molar-refractivity contribution in [1.82, 2.24) is 19.9 Å². The number of aromatic carboxylic acids is 1. The zero-order valence-corrected chi connectivity index (χ0v) is 11.5. The summed E-state index contributed by atoms with van der Waals surface area (Å²) in [6.07, 6.45) is 2.50. The summed E-state index contributed by atoms with van der Waals surface area (Å²) in [5, 5.41) is 17.0. The van der Waals surface area contributed by atoms with Crippen LogP contribution in [0.25, 0.3) is 11.0 Å². The molecule has 2 aromatic rings. The van der Waals surface area contributed by atoms with Gasteiger partial charge >= 0.3 is 5.97 Å². The molecule has 0 bridgehead atoms. The zero-order valence-electron chi connectivity index (χ0n) is 11.5. The molecule has 0 atom stereocenters. The van der Waals surface area contributed by atoms with Crippen molar-refractivity contribution < 1.29 is 14.7 Å². The molecular weight excluding hydrogens is 272 g/mol. The van der Waals surface area contributed by atoms with Crippen LogP contribution in [0.4, 0.5) is 0 Å². The van der Waals surface area contributed by atoms with Crippen molar-refractivity contribution in [2.45, 2.75) is 25.8 Å². The van der Waals surface area contributed by atoms with Crippen LogP contribution in [0.15, 0.2) is 18.2 Å². The fourth-order valence-electron chi connectivity index (χ4n) is 2.59. The summed E-state index contributed by atoms with van der Waals surface area (Å²) < 4.78 is 1.59. The van der Waals surface area contributed by atoms with E-state index in [0.717, 1.165) is 25.9 Å². The molecule has 21 heavy (non-hydrogen) atoms. The maximum absolute atomic E-state index is 12.0. The van der Waals surface area contributed by atoms with E-state index in [-0.39, 0.29) is 11.5 Å². The number of fused-ring (bicyclic) bond motifs is 1. The Morgan fingerprint density at radius 2 is 2.00 bits per heavy atom. The van der Waals surface area contributed by atoms with Crippen molar-refractivity contribution in [2.24, 2.45) is 0 Å². The normalized spacial score (nSPS) is 14.8. The molecule has 1 aromatic carbocycles. The van der Waals surface area contributed by atoms with Gasteiger partial charge in [0.05, 0.1) is 17.6 Å². The fourth-order valence-corrected chi connectivity index (χ4v) is 2.59. The van der Waals surface area contributed by atoms with Gasteiger partial charge in [-0.2, -0.15) is 0 Å². The minimum atomic E-state index is -0.988. The highest BCUT2D eigenvalue weighted by atomic mass is 16.4. The average molecular weight is 288 g/mol. The first-order valence-electron chi connectivity index (χ1n) is 6.99. The van der Waals surface area contributed by atoms with Gasteiger partial charge in [0.1, 0.15) is 5.52 Å². The van der Waals surface area contributed by atoms with Crippen LogP contribution in [0.2, 0.25) is 0 Å². The summed E-state index contributed by atoms with van der Waals surface area (Å²) in [4.78, 5) is 24.9. The fraction of sp³-hybridized carbons (Fsp3) is 0.429. The van der Waals surface area contributed by atoms with Gasteiger partial charge in [0.25, 0.3) is 0 Å². The van der Waals surface area contributed by atoms with E-state index in [1.54, 1.807) is 10.7 Å². The standard InChI is InChI=1S/C14H16N4O3/c19-13(17-6-1-2-7-17)5-8-18-12-9-10(14(20)21)3-4-11(12)15-16-18/h3-4,9H,1-2,5-8H2,(H,20,21). The molecule has 0 aliphatic carbocycles. The van der Waals surface area contributed by atoms with Crippen LogP contribution in [0.3, 0.4) is 0 Å². The highest BCUT2D eigenvalue weighted by molar-refractivity contribution is 5.92. The minimum Gasteiger partial charge on any atom is -0.478 e. The quantitative estimate of drug-likeness (QED) is 0.911. The Morgan fingerprint density at radius 1 is 1.24 bits per heavy atom. The summed E-state index contributed by atoms with van der Waals surface area (Å²) in [7, 11) is 0. The molecule has 1 saturated heterocycles. The Morgan fingerprint density at radius 3 is 2.71 bits per heavy atom. The lowest BCUT2D eigenvalue weighted by molar-refractivity contribution is -0.130. The van der Waals surface area contributed by atoms with Crippen molar-refractivity contribution in [2.75, 3.05) is 13.1 Å². The van der Waals surface area contributed by atoms with Gasteiger partial charge in [0, 0.05) is 19.5 Å². The number of benzene rings is 1. The van der Waals surface area contributed by atoms with Crippen LogP contribution in [0, 0.1) is 0 Å². The van der Waals surface area contributed by atoms with Crippen LogP contribution in [-0.4, -0.2) is 50.0 Å². The van der Waals surface area contributed by atoms with Gasteiger partial charge < -0.3 is 10.0 Å². The van der Waals surface area contributed by atoms with Gasteiger partial charge in [-0.25, -0.2) is 9.48 Å². The summed E-state index contributed by atoms with van der Waals surface area (Å²) in [5.74, 6) is -0.872. The first-order valence-corrected chi connectivity index (χ1v) is 6.99. The van der Waals surface area contributed by atoms with Gasteiger partial charge in [-0.3, -0.25) is 4.79 Å². The number of aromatic nitrogens is 3. The number of amides is 1. The maximum atomic E-state index is 12.0. The van der Waals surface area contributed by atoms with Crippen LogP contribution < -0.4 is 0 Å². The van der Waals surface area contributed by atoms with Crippen LogP contribution >= 0.6 is 0 Å². The molecular formula is C14H16N4O3. The molecule has 0 unspecified atom stereocenters. The van der Waals surface area contributed by atoms with E-state index in [1.165, 1.54) is 12.1 Å². The lowest BCUT2D eigenvalue weighted by Crippen LogP contribution is -2.28.